The molecule has 20 heavy (non-hydrogen) atoms. The predicted molar refractivity (Wildman–Crippen MR) is 81.8 cm³/mol. The summed E-state index contributed by atoms with van der Waals surface area (Å²) in [6.07, 6.45) is 3.66. The molecule has 4 nitrogen and oxygen atoms in total. The van der Waals surface area contributed by atoms with Crippen LogP contribution in [0.1, 0.15) is 16.5 Å². The number of aromatic nitrogens is 1. The molecule has 3 rings (SSSR count). The van der Waals surface area contributed by atoms with Crippen LogP contribution in [0.4, 0.5) is 0 Å². The number of nitrogens with zero attached hydrogens (tertiary/aromatic N) is 1. The van der Waals surface area contributed by atoms with Crippen LogP contribution in [-0.4, -0.2) is 12.1 Å². The third-order valence-electron chi connectivity index (χ3n) is 3.33. The van der Waals surface area contributed by atoms with Crippen LogP contribution >= 0.6 is 11.3 Å². The highest BCUT2D eigenvalue weighted by Gasteiger charge is 2.20. The van der Waals surface area contributed by atoms with E-state index in [1.165, 1.54) is 0 Å². The van der Waals surface area contributed by atoms with E-state index in [1.807, 2.05) is 29.8 Å². The van der Waals surface area contributed by atoms with Gasteiger partial charge in [0.05, 0.1) is 18.0 Å². The molecule has 3 aromatic rings. The van der Waals surface area contributed by atoms with Crippen molar-refractivity contribution in [2.45, 2.75) is 6.04 Å². The van der Waals surface area contributed by atoms with E-state index in [0.717, 1.165) is 27.0 Å². The summed E-state index contributed by atoms with van der Waals surface area (Å²) in [5, 5.41) is 4.24. The first kappa shape index (κ1) is 13.1. The first-order valence-corrected chi connectivity index (χ1v) is 7.13. The number of methoxy groups -OCH3 is 1. The van der Waals surface area contributed by atoms with Gasteiger partial charge in [0.2, 0.25) is 0 Å². The molecule has 3 N–H and O–H groups in total. The average Bonchev–Trinajstić information content (AvgIpc) is 2.97. The van der Waals surface area contributed by atoms with Crippen molar-refractivity contribution in [2.24, 2.45) is 5.84 Å². The van der Waals surface area contributed by atoms with Crippen molar-refractivity contribution >= 4 is 22.1 Å². The fraction of sp³-hybridized carbons (Fsp3) is 0.133. The third kappa shape index (κ3) is 2.16. The lowest BCUT2D eigenvalue weighted by Gasteiger charge is -2.18. The Balaban J connectivity index is 2.17. The lowest BCUT2D eigenvalue weighted by atomic mass is 9.99. The van der Waals surface area contributed by atoms with Gasteiger partial charge in [0.25, 0.3) is 0 Å². The molecule has 0 saturated heterocycles. The number of hydrogen-bond donors (Lipinski definition) is 2. The van der Waals surface area contributed by atoms with Crippen LogP contribution in [0.3, 0.4) is 0 Å². The number of rotatable bonds is 4. The highest BCUT2D eigenvalue weighted by atomic mass is 32.1. The lowest BCUT2D eigenvalue weighted by Crippen LogP contribution is -2.28. The number of hydrogen-bond acceptors (Lipinski definition) is 5. The fourth-order valence-electron chi connectivity index (χ4n) is 2.38. The quantitative estimate of drug-likeness (QED) is 0.571. The Morgan fingerprint density at radius 2 is 2.20 bits per heavy atom. The second-order valence-electron chi connectivity index (χ2n) is 4.40. The SMILES string of the molecule is COc1ccsc1C(NN)c1cccc2ccncc12. The zero-order valence-corrected chi connectivity index (χ0v) is 11.9. The predicted octanol–water partition coefficient (Wildman–Crippen LogP) is 2.86. The Morgan fingerprint density at radius 1 is 1.30 bits per heavy atom. The minimum Gasteiger partial charge on any atom is -0.496 e. The molecule has 0 aliphatic rings. The molecule has 0 radical (unpaired) electrons. The van der Waals surface area contributed by atoms with E-state index in [4.69, 9.17) is 10.6 Å². The molecule has 0 bridgehead atoms. The molecule has 1 aromatic carbocycles. The van der Waals surface area contributed by atoms with Gasteiger partial charge in [-0.25, -0.2) is 5.43 Å². The second kappa shape index (κ2) is 5.58. The Kier molecular flexibility index (Phi) is 3.64. The van der Waals surface area contributed by atoms with E-state index in [9.17, 15) is 0 Å². The molecule has 5 heteroatoms. The topological polar surface area (TPSA) is 60.2 Å². The van der Waals surface area contributed by atoms with Crippen molar-refractivity contribution in [2.75, 3.05) is 7.11 Å². The number of ether oxygens (including phenoxy) is 1. The second-order valence-corrected chi connectivity index (χ2v) is 5.34. The minimum atomic E-state index is -0.113. The molecule has 0 spiro atoms. The molecule has 102 valence electrons. The summed E-state index contributed by atoms with van der Waals surface area (Å²) in [7, 11) is 1.67. The Morgan fingerprint density at radius 3 is 3.00 bits per heavy atom. The van der Waals surface area contributed by atoms with E-state index < -0.39 is 0 Å². The molecule has 1 atom stereocenters. The number of hydrazine groups is 1. The maximum atomic E-state index is 5.79. The van der Waals surface area contributed by atoms with Crippen molar-refractivity contribution in [3.05, 3.63) is 58.5 Å². The van der Waals surface area contributed by atoms with E-state index in [0.29, 0.717) is 0 Å². The summed E-state index contributed by atoms with van der Waals surface area (Å²) in [6.45, 7) is 0. The molecule has 0 saturated carbocycles. The Bertz CT molecular complexity index is 720. The number of benzene rings is 1. The van der Waals surface area contributed by atoms with Gasteiger partial charge < -0.3 is 4.74 Å². The molecule has 0 fully saturated rings. The van der Waals surface area contributed by atoms with Gasteiger partial charge in [0.15, 0.2) is 0 Å². The van der Waals surface area contributed by atoms with Gasteiger partial charge in [-0.15, -0.1) is 11.3 Å². The van der Waals surface area contributed by atoms with E-state index >= 15 is 0 Å². The third-order valence-corrected chi connectivity index (χ3v) is 4.30. The normalized spacial score (nSPS) is 12.5. The van der Waals surface area contributed by atoms with Gasteiger partial charge in [-0.2, -0.15) is 0 Å². The first-order chi connectivity index (χ1) is 9.85. The summed E-state index contributed by atoms with van der Waals surface area (Å²) in [5.41, 5.74) is 3.99. The van der Waals surface area contributed by atoms with Crippen molar-refractivity contribution in [1.82, 2.24) is 10.4 Å². The molecule has 0 aliphatic heterocycles. The van der Waals surface area contributed by atoms with Crippen LogP contribution < -0.4 is 16.0 Å². The molecule has 2 heterocycles. The van der Waals surface area contributed by atoms with Gasteiger partial charge in [-0.1, -0.05) is 18.2 Å². The fourth-order valence-corrected chi connectivity index (χ4v) is 3.32. The minimum absolute atomic E-state index is 0.113. The maximum absolute atomic E-state index is 5.79. The molecular weight excluding hydrogens is 270 g/mol. The van der Waals surface area contributed by atoms with Crippen molar-refractivity contribution in [1.29, 1.82) is 0 Å². The van der Waals surface area contributed by atoms with E-state index in [-0.39, 0.29) is 6.04 Å². The average molecular weight is 285 g/mol. The van der Waals surface area contributed by atoms with Gasteiger partial charge >= 0.3 is 0 Å². The molecule has 0 amide bonds. The molecule has 0 aliphatic carbocycles. The van der Waals surface area contributed by atoms with Gasteiger partial charge in [-0.05, 0) is 28.5 Å². The number of nitrogens with one attached hydrogen (secondary N) is 1. The summed E-state index contributed by atoms with van der Waals surface area (Å²) < 4.78 is 5.40. The summed E-state index contributed by atoms with van der Waals surface area (Å²) in [4.78, 5) is 5.28. The van der Waals surface area contributed by atoms with Crippen LogP contribution in [-0.2, 0) is 0 Å². The summed E-state index contributed by atoms with van der Waals surface area (Å²) >= 11 is 1.62. The van der Waals surface area contributed by atoms with Crippen LogP contribution in [0.2, 0.25) is 0 Å². The van der Waals surface area contributed by atoms with Crippen LogP contribution in [0.25, 0.3) is 10.8 Å². The zero-order chi connectivity index (χ0) is 13.9. The monoisotopic (exact) mass is 285 g/mol. The van der Waals surface area contributed by atoms with Crippen LogP contribution in [0.15, 0.2) is 48.1 Å². The number of pyridine rings is 1. The van der Waals surface area contributed by atoms with E-state index in [1.54, 1.807) is 24.6 Å². The summed E-state index contributed by atoms with van der Waals surface area (Å²) in [6, 6.07) is 10.00. The Hall–Kier alpha value is -1.95. The first-order valence-electron chi connectivity index (χ1n) is 6.25. The highest BCUT2D eigenvalue weighted by Crippen LogP contribution is 2.36. The summed E-state index contributed by atoms with van der Waals surface area (Å²) in [5.74, 6) is 6.64. The van der Waals surface area contributed by atoms with Gasteiger partial charge in [-0.3, -0.25) is 10.8 Å². The standard InChI is InChI=1S/C15H15N3OS/c1-19-13-6-8-20-15(13)14(18-16)11-4-2-3-10-5-7-17-9-12(10)11/h2-9,14,18H,16H2,1H3. The van der Waals surface area contributed by atoms with Crippen LogP contribution in [0.5, 0.6) is 5.75 Å². The number of fused-ring (bicyclic) bond motifs is 1. The van der Waals surface area contributed by atoms with Crippen molar-refractivity contribution < 1.29 is 4.74 Å². The molecule has 2 aromatic heterocycles. The largest absolute Gasteiger partial charge is 0.496 e. The maximum Gasteiger partial charge on any atom is 0.134 e. The number of thiophene rings is 1. The Labute approximate surface area is 121 Å². The van der Waals surface area contributed by atoms with Gasteiger partial charge in [0.1, 0.15) is 5.75 Å². The lowest BCUT2D eigenvalue weighted by molar-refractivity contribution is 0.408. The van der Waals surface area contributed by atoms with Crippen LogP contribution in [0, 0.1) is 0 Å². The highest BCUT2D eigenvalue weighted by molar-refractivity contribution is 7.10. The van der Waals surface area contributed by atoms with Crippen molar-refractivity contribution in [3.8, 4) is 5.75 Å². The number of nitrogens with two attached hydrogens (primary N) is 1. The van der Waals surface area contributed by atoms with E-state index in [2.05, 4.69) is 22.5 Å². The van der Waals surface area contributed by atoms with Crippen molar-refractivity contribution in [3.63, 3.8) is 0 Å². The smallest absolute Gasteiger partial charge is 0.134 e. The van der Waals surface area contributed by atoms with Gasteiger partial charge in [0, 0.05) is 17.8 Å². The molecular formula is C15H15N3OS. The zero-order valence-electron chi connectivity index (χ0n) is 11.0. The molecule has 1 unspecified atom stereocenters.